The van der Waals surface area contributed by atoms with Crippen molar-refractivity contribution in [1.29, 1.82) is 0 Å². The molecular weight excluding hydrogens is 162 g/mol. The molecule has 2 rings (SSSR count). The van der Waals surface area contributed by atoms with Crippen LogP contribution in [-0.4, -0.2) is 5.91 Å². The molecule has 0 aromatic heterocycles. The lowest BCUT2D eigenvalue weighted by molar-refractivity contribution is -0.113. The van der Waals surface area contributed by atoms with E-state index in [1.165, 1.54) is 0 Å². The number of rotatable bonds is 2. The lowest BCUT2D eigenvalue weighted by atomic mass is 9.98. The molecular formula is C11H11NO. The van der Waals surface area contributed by atoms with Crippen molar-refractivity contribution in [2.45, 2.75) is 12.8 Å². The largest absolute Gasteiger partial charge is 0.322 e. The number of para-hydroxylation sites is 1. The number of nitrogens with one attached hydrogen (secondary N) is 1. The normalized spacial score (nSPS) is 14.3. The molecule has 1 aliphatic carbocycles. The molecule has 0 radical (unpaired) electrons. The Morgan fingerprint density at radius 1 is 1.23 bits per heavy atom. The highest BCUT2D eigenvalue weighted by Gasteiger charge is 2.13. The fourth-order valence-corrected chi connectivity index (χ4v) is 1.23. The third-order valence-electron chi connectivity index (χ3n) is 2.13. The molecule has 0 unspecified atom stereocenters. The minimum atomic E-state index is 0.0393. The highest BCUT2D eigenvalue weighted by Crippen LogP contribution is 2.19. The topological polar surface area (TPSA) is 29.1 Å². The van der Waals surface area contributed by atoms with Gasteiger partial charge in [0.1, 0.15) is 0 Å². The molecule has 13 heavy (non-hydrogen) atoms. The van der Waals surface area contributed by atoms with Crippen molar-refractivity contribution in [3.63, 3.8) is 0 Å². The minimum absolute atomic E-state index is 0.0393. The lowest BCUT2D eigenvalue weighted by Gasteiger charge is -2.13. The monoisotopic (exact) mass is 173 g/mol. The molecule has 1 aromatic carbocycles. The predicted octanol–water partition coefficient (Wildman–Crippen LogP) is 2.35. The molecule has 0 fully saturated rings. The van der Waals surface area contributed by atoms with Gasteiger partial charge < -0.3 is 5.32 Å². The number of carbonyl (C=O) groups is 1. The minimum Gasteiger partial charge on any atom is -0.322 e. The summed E-state index contributed by atoms with van der Waals surface area (Å²) in [6.45, 7) is 0. The SMILES string of the molecule is O=C(Nc1ccccc1)C1=CCC1. The third kappa shape index (κ3) is 1.78. The number of amides is 1. The standard InChI is InChI=1S/C11H11NO/c13-11(9-5-4-6-9)12-10-7-2-1-3-8-10/h1-3,5,7-8H,4,6H2,(H,12,13). The maximum Gasteiger partial charge on any atom is 0.251 e. The first kappa shape index (κ1) is 8.05. The van der Waals surface area contributed by atoms with Crippen molar-refractivity contribution in [3.05, 3.63) is 42.0 Å². The van der Waals surface area contributed by atoms with E-state index in [1.807, 2.05) is 36.4 Å². The Kier molecular flexibility index (Phi) is 2.13. The summed E-state index contributed by atoms with van der Waals surface area (Å²) < 4.78 is 0. The van der Waals surface area contributed by atoms with Crippen LogP contribution in [0, 0.1) is 0 Å². The summed E-state index contributed by atoms with van der Waals surface area (Å²) in [5.74, 6) is 0.0393. The van der Waals surface area contributed by atoms with E-state index in [9.17, 15) is 4.79 Å². The Bertz CT molecular complexity index is 340. The number of hydrogen-bond donors (Lipinski definition) is 1. The van der Waals surface area contributed by atoms with Crippen molar-refractivity contribution in [2.24, 2.45) is 0 Å². The molecule has 0 bridgehead atoms. The number of hydrogen-bond acceptors (Lipinski definition) is 1. The van der Waals surface area contributed by atoms with Gasteiger partial charge in [-0.05, 0) is 25.0 Å². The van der Waals surface area contributed by atoms with Gasteiger partial charge in [0, 0.05) is 11.3 Å². The van der Waals surface area contributed by atoms with Crippen molar-refractivity contribution >= 4 is 11.6 Å². The number of benzene rings is 1. The maximum absolute atomic E-state index is 11.4. The van der Waals surface area contributed by atoms with Crippen LogP contribution in [0.2, 0.25) is 0 Å². The zero-order valence-corrected chi connectivity index (χ0v) is 7.29. The van der Waals surface area contributed by atoms with Crippen molar-refractivity contribution in [1.82, 2.24) is 0 Å². The van der Waals surface area contributed by atoms with E-state index < -0.39 is 0 Å². The lowest BCUT2D eigenvalue weighted by Crippen LogP contribution is -2.17. The highest BCUT2D eigenvalue weighted by molar-refractivity contribution is 6.04. The second-order valence-corrected chi connectivity index (χ2v) is 3.09. The van der Waals surface area contributed by atoms with Crippen LogP contribution in [0.4, 0.5) is 5.69 Å². The van der Waals surface area contributed by atoms with Crippen LogP contribution in [0.3, 0.4) is 0 Å². The summed E-state index contributed by atoms with van der Waals surface area (Å²) >= 11 is 0. The summed E-state index contributed by atoms with van der Waals surface area (Å²) in [5, 5.41) is 2.84. The smallest absolute Gasteiger partial charge is 0.251 e. The fraction of sp³-hybridized carbons (Fsp3) is 0.182. The van der Waals surface area contributed by atoms with E-state index >= 15 is 0 Å². The first-order valence-corrected chi connectivity index (χ1v) is 4.42. The number of allylic oxidation sites excluding steroid dienone is 1. The maximum atomic E-state index is 11.4. The van der Waals surface area contributed by atoms with Gasteiger partial charge in [-0.25, -0.2) is 0 Å². The Morgan fingerprint density at radius 3 is 2.46 bits per heavy atom. The molecule has 0 heterocycles. The summed E-state index contributed by atoms with van der Waals surface area (Å²) in [6, 6.07) is 9.52. The molecule has 0 aliphatic heterocycles. The van der Waals surface area contributed by atoms with E-state index in [4.69, 9.17) is 0 Å². The van der Waals surface area contributed by atoms with Gasteiger partial charge in [-0.15, -0.1) is 0 Å². The van der Waals surface area contributed by atoms with Gasteiger partial charge >= 0.3 is 0 Å². The molecule has 1 aliphatic rings. The van der Waals surface area contributed by atoms with Crippen LogP contribution in [-0.2, 0) is 4.79 Å². The zero-order chi connectivity index (χ0) is 9.10. The van der Waals surface area contributed by atoms with Gasteiger partial charge in [-0.1, -0.05) is 24.3 Å². The number of anilines is 1. The third-order valence-corrected chi connectivity index (χ3v) is 2.13. The molecule has 1 N–H and O–H groups in total. The zero-order valence-electron chi connectivity index (χ0n) is 7.29. The highest BCUT2D eigenvalue weighted by atomic mass is 16.1. The van der Waals surface area contributed by atoms with E-state index in [0.29, 0.717) is 0 Å². The molecule has 0 atom stereocenters. The van der Waals surface area contributed by atoms with Crippen LogP contribution in [0.15, 0.2) is 42.0 Å². The van der Waals surface area contributed by atoms with E-state index in [0.717, 1.165) is 24.1 Å². The van der Waals surface area contributed by atoms with Gasteiger partial charge in [-0.3, -0.25) is 4.79 Å². The molecule has 2 heteroatoms. The molecule has 0 saturated heterocycles. The quantitative estimate of drug-likeness (QED) is 0.730. The van der Waals surface area contributed by atoms with Crippen LogP contribution in [0.25, 0.3) is 0 Å². The van der Waals surface area contributed by atoms with Gasteiger partial charge in [0.2, 0.25) is 0 Å². The van der Waals surface area contributed by atoms with Crippen LogP contribution in [0.1, 0.15) is 12.8 Å². The van der Waals surface area contributed by atoms with Gasteiger partial charge in [0.15, 0.2) is 0 Å². The van der Waals surface area contributed by atoms with Crippen LogP contribution in [0.5, 0.6) is 0 Å². The molecule has 0 saturated carbocycles. The Hall–Kier alpha value is -1.57. The summed E-state index contributed by atoms with van der Waals surface area (Å²) in [7, 11) is 0. The van der Waals surface area contributed by atoms with Crippen molar-refractivity contribution < 1.29 is 4.79 Å². The van der Waals surface area contributed by atoms with Gasteiger partial charge in [0.05, 0.1) is 0 Å². The van der Waals surface area contributed by atoms with E-state index in [2.05, 4.69) is 5.32 Å². The van der Waals surface area contributed by atoms with Gasteiger partial charge in [-0.2, -0.15) is 0 Å². The van der Waals surface area contributed by atoms with Crippen molar-refractivity contribution in [2.75, 3.05) is 5.32 Å². The van der Waals surface area contributed by atoms with Crippen LogP contribution < -0.4 is 5.32 Å². The molecule has 66 valence electrons. The molecule has 2 nitrogen and oxygen atoms in total. The molecule has 1 amide bonds. The summed E-state index contributed by atoms with van der Waals surface area (Å²) in [4.78, 5) is 11.4. The first-order valence-electron chi connectivity index (χ1n) is 4.42. The molecule has 0 spiro atoms. The Balaban J connectivity index is 2.02. The predicted molar refractivity (Wildman–Crippen MR) is 52.4 cm³/mol. The second kappa shape index (κ2) is 3.44. The number of carbonyl (C=O) groups excluding carboxylic acids is 1. The average Bonchev–Trinajstić information content (AvgIpc) is 2.02. The average molecular weight is 173 g/mol. The van der Waals surface area contributed by atoms with Crippen LogP contribution >= 0.6 is 0 Å². The summed E-state index contributed by atoms with van der Waals surface area (Å²) in [5.41, 5.74) is 1.77. The Morgan fingerprint density at radius 2 is 1.92 bits per heavy atom. The van der Waals surface area contributed by atoms with Gasteiger partial charge in [0.25, 0.3) is 5.91 Å². The summed E-state index contributed by atoms with van der Waals surface area (Å²) in [6.07, 6.45) is 3.93. The second-order valence-electron chi connectivity index (χ2n) is 3.09. The first-order chi connectivity index (χ1) is 6.36. The van der Waals surface area contributed by atoms with E-state index in [-0.39, 0.29) is 5.91 Å². The Labute approximate surface area is 77.3 Å². The van der Waals surface area contributed by atoms with Crippen molar-refractivity contribution in [3.8, 4) is 0 Å². The van der Waals surface area contributed by atoms with E-state index in [1.54, 1.807) is 0 Å². The fourth-order valence-electron chi connectivity index (χ4n) is 1.23. The molecule has 1 aromatic rings.